The van der Waals surface area contributed by atoms with Gasteiger partial charge in [-0.1, -0.05) is 23.9 Å². The molecule has 0 fully saturated rings. The van der Waals surface area contributed by atoms with E-state index in [0.29, 0.717) is 27.8 Å². The van der Waals surface area contributed by atoms with E-state index in [9.17, 15) is 14.0 Å². The van der Waals surface area contributed by atoms with Crippen LogP contribution < -0.4 is 5.32 Å². The van der Waals surface area contributed by atoms with E-state index in [0.717, 1.165) is 0 Å². The van der Waals surface area contributed by atoms with Crippen LogP contribution in [0.15, 0.2) is 53.7 Å². The van der Waals surface area contributed by atoms with Gasteiger partial charge in [0.15, 0.2) is 11.6 Å². The number of anilines is 1. The Balaban J connectivity index is 1.68. The third kappa shape index (κ3) is 4.59. The summed E-state index contributed by atoms with van der Waals surface area (Å²) in [5.41, 5.74) is 1.47. The highest BCUT2D eigenvalue weighted by molar-refractivity contribution is 8.00. The summed E-state index contributed by atoms with van der Waals surface area (Å²) < 4.78 is 13.8. The molecule has 6 nitrogen and oxygen atoms in total. The molecule has 1 amide bonds. The number of aromatic nitrogens is 3. The summed E-state index contributed by atoms with van der Waals surface area (Å²) in [4.78, 5) is 27.9. The lowest BCUT2D eigenvalue weighted by Gasteiger charge is -2.09. The van der Waals surface area contributed by atoms with Gasteiger partial charge in [0.2, 0.25) is 11.1 Å². The fourth-order valence-corrected chi connectivity index (χ4v) is 3.24. The molecular formula is C19H17FN4O2S. The summed E-state index contributed by atoms with van der Waals surface area (Å²) in [7, 11) is 0. The number of benzene rings is 2. The molecule has 27 heavy (non-hydrogen) atoms. The molecule has 0 saturated carbocycles. The molecule has 0 spiro atoms. The van der Waals surface area contributed by atoms with Crippen molar-refractivity contribution >= 4 is 29.1 Å². The molecule has 2 N–H and O–H groups in total. The number of hydrogen-bond donors (Lipinski definition) is 2. The van der Waals surface area contributed by atoms with Gasteiger partial charge in [-0.3, -0.25) is 14.7 Å². The maximum Gasteiger partial charge on any atom is 0.221 e. The van der Waals surface area contributed by atoms with Crippen LogP contribution in [0.3, 0.4) is 0 Å². The number of nitrogens with zero attached hydrogens (tertiary/aromatic N) is 2. The number of halogens is 1. The van der Waals surface area contributed by atoms with Crippen molar-refractivity contribution in [3.8, 4) is 11.4 Å². The topological polar surface area (TPSA) is 87.7 Å². The number of carbonyl (C=O) groups excluding carboxylic acids is 2. The van der Waals surface area contributed by atoms with E-state index in [4.69, 9.17) is 0 Å². The highest BCUT2D eigenvalue weighted by Gasteiger charge is 2.19. The average molecular weight is 384 g/mol. The number of amides is 1. The zero-order chi connectivity index (χ0) is 19.4. The Kier molecular flexibility index (Phi) is 5.66. The van der Waals surface area contributed by atoms with Gasteiger partial charge in [0.05, 0.1) is 10.8 Å². The Morgan fingerprint density at radius 2 is 1.85 bits per heavy atom. The summed E-state index contributed by atoms with van der Waals surface area (Å²) in [5.74, 6) is -0.344. The molecule has 0 aliphatic heterocycles. The van der Waals surface area contributed by atoms with Crippen molar-refractivity contribution in [1.82, 2.24) is 15.2 Å². The van der Waals surface area contributed by atoms with Crippen LogP contribution in [0.5, 0.6) is 0 Å². The van der Waals surface area contributed by atoms with Crippen LogP contribution in [0.4, 0.5) is 10.1 Å². The van der Waals surface area contributed by atoms with E-state index >= 15 is 0 Å². The fourth-order valence-electron chi connectivity index (χ4n) is 2.44. The molecule has 1 atom stereocenters. The first kappa shape index (κ1) is 18.8. The largest absolute Gasteiger partial charge is 0.326 e. The van der Waals surface area contributed by atoms with Gasteiger partial charge in [-0.05, 0) is 43.3 Å². The number of carbonyl (C=O) groups is 2. The Hall–Kier alpha value is -3.00. The van der Waals surface area contributed by atoms with E-state index < -0.39 is 11.1 Å². The number of ketones is 1. The van der Waals surface area contributed by atoms with Crippen LogP contribution in [-0.4, -0.2) is 32.1 Å². The first-order valence-corrected chi connectivity index (χ1v) is 9.08. The summed E-state index contributed by atoms with van der Waals surface area (Å²) >= 11 is 1.19. The smallest absolute Gasteiger partial charge is 0.221 e. The summed E-state index contributed by atoms with van der Waals surface area (Å²) in [6.45, 7) is 3.18. The Labute approximate surface area is 159 Å². The van der Waals surface area contributed by atoms with E-state index in [1.807, 2.05) is 0 Å². The van der Waals surface area contributed by atoms with Gasteiger partial charge in [0, 0.05) is 18.2 Å². The van der Waals surface area contributed by atoms with Gasteiger partial charge in [0.1, 0.15) is 5.82 Å². The fraction of sp³-hybridized carbons (Fsp3) is 0.158. The van der Waals surface area contributed by atoms with E-state index in [1.54, 1.807) is 49.4 Å². The highest BCUT2D eigenvalue weighted by atomic mass is 32.2. The van der Waals surface area contributed by atoms with Crippen molar-refractivity contribution in [2.75, 3.05) is 5.32 Å². The normalized spacial score (nSPS) is 11.8. The van der Waals surface area contributed by atoms with Gasteiger partial charge in [-0.25, -0.2) is 9.37 Å². The molecule has 3 aromatic rings. The van der Waals surface area contributed by atoms with Crippen molar-refractivity contribution in [2.24, 2.45) is 0 Å². The second kappa shape index (κ2) is 8.13. The first-order valence-electron chi connectivity index (χ1n) is 8.20. The van der Waals surface area contributed by atoms with Gasteiger partial charge in [-0.15, -0.1) is 5.10 Å². The molecule has 0 aliphatic rings. The standard InChI is InChI=1S/C19H17FN4O2S/c1-11(17(26)13-7-9-14(10-8-13)21-12(2)25)27-19-22-18(23-24-19)15-5-3-4-6-16(15)20/h3-11H,1-2H3,(H,21,25)(H,22,23,24). The third-order valence-electron chi connectivity index (χ3n) is 3.74. The van der Waals surface area contributed by atoms with Gasteiger partial charge in [-0.2, -0.15) is 0 Å². The molecule has 2 aromatic carbocycles. The number of rotatable bonds is 6. The maximum absolute atomic E-state index is 13.8. The predicted molar refractivity (Wildman–Crippen MR) is 102 cm³/mol. The third-order valence-corrected chi connectivity index (χ3v) is 4.70. The number of aromatic amines is 1. The molecule has 3 rings (SSSR count). The number of H-pyrrole nitrogens is 1. The molecule has 0 radical (unpaired) electrons. The predicted octanol–water partition coefficient (Wildman–Crippen LogP) is 3.93. The van der Waals surface area contributed by atoms with Gasteiger partial charge < -0.3 is 5.32 Å². The molecule has 1 unspecified atom stereocenters. The van der Waals surface area contributed by atoms with Gasteiger partial charge in [0.25, 0.3) is 0 Å². The monoisotopic (exact) mass is 384 g/mol. The second-order valence-electron chi connectivity index (χ2n) is 5.83. The van der Waals surface area contributed by atoms with Crippen LogP contribution in [0.1, 0.15) is 24.2 Å². The number of nitrogens with one attached hydrogen (secondary N) is 2. The molecule has 0 bridgehead atoms. The molecular weight excluding hydrogens is 367 g/mol. The highest BCUT2D eigenvalue weighted by Crippen LogP contribution is 2.26. The zero-order valence-electron chi connectivity index (χ0n) is 14.7. The van der Waals surface area contributed by atoms with Gasteiger partial charge >= 0.3 is 0 Å². The molecule has 8 heteroatoms. The lowest BCUT2D eigenvalue weighted by Crippen LogP contribution is -2.14. The number of Topliss-reactive ketones (excluding diaryl/α,β-unsaturated/α-hetero) is 1. The zero-order valence-corrected chi connectivity index (χ0v) is 15.5. The Morgan fingerprint density at radius 1 is 1.15 bits per heavy atom. The summed E-state index contributed by atoms with van der Waals surface area (Å²) in [5, 5.41) is 9.34. The molecule has 138 valence electrons. The van der Waals surface area contributed by atoms with E-state index in [-0.39, 0.29) is 11.7 Å². The summed E-state index contributed by atoms with van der Waals surface area (Å²) in [6, 6.07) is 12.9. The average Bonchev–Trinajstić information content (AvgIpc) is 3.10. The molecule has 0 aliphatic carbocycles. The van der Waals surface area contributed by atoms with Crippen LogP contribution in [0, 0.1) is 5.82 Å². The lowest BCUT2D eigenvalue weighted by atomic mass is 10.1. The molecule has 1 heterocycles. The summed E-state index contributed by atoms with van der Waals surface area (Å²) in [6.07, 6.45) is 0. The molecule has 0 saturated heterocycles. The first-order chi connectivity index (χ1) is 12.9. The SMILES string of the molecule is CC(=O)Nc1ccc(C(=O)C(C)Sc2n[nH]c(-c3ccccc3F)n2)cc1. The van der Waals surface area contributed by atoms with Crippen molar-refractivity contribution < 1.29 is 14.0 Å². The van der Waals surface area contributed by atoms with E-state index in [1.165, 1.54) is 24.8 Å². The van der Waals surface area contributed by atoms with Crippen LogP contribution >= 0.6 is 11.8 Å². The van der Waals surface area contributed by atoms with Crippen LogP contribution in [-0.2, 0) is 4.79 Å². The quantitative estimate of drug-likeness (QED) is 0.497. The second-order valence-corrected chi connectivity index (χ2v) is 7.14. The molecule has 1 aromatic heterocycles. The van der Waals surface area contributed by atoms with Crippen LogP contribution in [0.25, 0.3) is 11.4 Å². The maximum atomic E-state index is 13.8. The van der Waals surface area contributed by atoms with Crippen molar-refractivity contribution in [3.05, 3.63) is 59.9 Å². The Morgan fingerprint density at radius 3 is 2.52 bits per heavy atom. The Bertz CT molecular complexity index is 972. The minimum atomic E-state index is -0.430. The van der Waals surface area contributed by atoms with Crippen molar-refractivity contribution in [1.29, 1.82) is 0 Å². The van der Waals surface area contributed by atoms with E-state index in [2.05, 4.69) is 20.5 Å². The van der Waals surface area contributed by atoms with Crippen molar-refractivity contribution in [2.45, 2.75) is 24.3 Å². The lowest BCUT2D eigenvalue weighted by molar-refractivity contribution is -0.114. The van der Waals surface area contributed by atoms with Crippen LogP contribution in [0.2, 0.25) is 0 Å². The number of thioether (sulfide) groups is 1. The van der Waals surface area contributed by atoms with Crippen molar-refractivity contribution in [3.63, 3.8) is 0 Å². The minimum Gasteiger partial charge on any atom is -0.326 e. The minimum absolute atomic E-state index is 0.0911. The number of hydrogen-bond acceptors (Lipinski definition) is 5.